The lowest BCUT2D eigenvalue weighted by Gasteiger charge is -2.13. The molecule has 144 valence electrons. The highest BCUT2D eigenvalue weighted by atomic mass is 35.5. The van der Waals surface area contributed by atoms with Crippen molar-refractivity contribution in [1.29, 1.82) is 0 Å². The molecule has 0 radical (unpaired) electrons. The van der Waals surface area contributed by atoms with Crippen LogP contribution in [0, 0.1) is 6.92 Å². The van der Waals surface area contributed by atoms with Crippen molar-refractivity contribution in [2.24, 2.45) is 0 Å². The Morgan fingerprint density at radius 2 is 1.79 bits per heavy atom. The molecular weight excluding hydrogens is 374 g/mol. The van der Waals surface area contributed by atoms with Gasteiger partial charge in [-0.2, -0.15) is 0 Å². The van der Waals surface area contributed by atoms with Gasteiger partial charge in [-0.15, -0.1) is 0 Å². The van der Waals surface area contributed by atoms with Gasteiger partial charge in [0.25, 0.3) is 5.91 Å². The summed E-state index contributed by atoms with van der Waals surface area (Å²) >= 11 is 6.03. The molecule has 28 heavy (non-hydrogen) atoms. The quantitative estimate of drug-likeness (QED) is 0.564. The van der Waals surface area contributed by atoms with Gasteiger partial charge in [-0.3, -0.25) is 4.79 Å². The highest BCUT2D eigenvalue weighted by Crippen LogP contribution is 2.24. The first kappa shape index (κ1) is 19.9. The van der Waals surface area contributed by atoms with Gasteiger partial charge in [0.1, 0.15) is 5.75 Å². The van der Waals surface area contributed by atoms with Gasteiger partial charge in [0.15, 0.2) is 0 Å². The van der Waals surface area contributed by atoms with Crippen molar-refractivity contribution >= 4 is 23.2 Å². The summed E-state index contributed by atoms with van der Waals surface area (Å²) in [4.78, 5) is 12.7. The number of halogens is 1. The molecule has 0 bridgehead atoms. The molecule has 1 N–H and O–H groups in total. The SMILES string of the molecule is COc1ccc(C(=O)Nc2cc(Cl)ccc2C)cc1COCc1ccccc1. The Bertz CT molecular complexity index is 957. The van der Waals surface area contributed by atoms with E-state index in [1.165, 1.54) is 0 Å². The average molecular weight is 396 g/mol. The van der Waals surface area contributed by atoms with Gasteiger partial charge >= 0.3 is 0 Å². The molecule has 0 spiro atoms. The number of amides is 1. The van der Waals surface area contributed by atoms with E-state index in [2.05, 4.69) is 5.32 Å². The number of aryl methyl sites for hydroxylation is 1. The van der Waals surface area contributed by atoms with Crippen molar-refractivity contribution in [2.75, 3.05) is 12.4 Å². The summed E-state index contributed by atoms with van der Waals surface area (Å²) in [6.07, 6.45) is 0. The zero-order valence-corrected chi connectivity index (χ0v) is 16.6. The normalized spacial score (nSPS) is 10.5. The second kappa shape index (κ2) is 9.40. The van der Waals surface area contributed by atoms with Crippen LogP contribution in [-0.4, -0.2) is 13.0 Å². The Hall–Kier alpha value is -2.82. The van der Waals surface area contributed by atoms with E-state index in [1.54, 1.807) is 37.4 Å². The van der Waals surface area contributed by atoms with Crippen LogP contribution in [0.1, 0.15) is 27.0 Å². The summed E-state index contributed by atoms with van der Waals surface area (Å²) in [5.74, 6) is 0.473. The molecule has 0 saturated carbocycles. The van der Waals surface area contributed by atoms with Crippen LogP contribution >= 0.6 is 11.6 Å². The van der Waals surface area contributed by atoms with Gasteiger partial charge in [-0.05, 0) is 48.4 Å². The minimum atomic E-state index is -0.211. The number of ether oxygens (including phenoxy) is 2. The number of hydrogen-bond acceptors (Lipinski definition) is 3. The molecule has 0 aliphatic heterocycles. The first-order valence-electron chi connectivity index (χ1n) is 8.93. The Morgan fingerprint density at radius 1 is 1.00 bits per heavy atom. The first-order chi connectivity index (χ1) is 13.6. The van der Waals surface area contributed by atoms with Gasteiger partial charge in [0, 0.05) is 21.8 Å². The fourth-order valence-electron chi connectivity index (χ4n) is 2.81. The molecule has 0 unspecified atom stereocenters. The topological polar surface area (TPSA) is 47.6 Å². The number of anilines is 1. The highest BCUT2D eigenvalue weighted by Gasteiger charge is 2.12. The highest BCUT2D eigenvalue weighted by molar-refractivity contribution is 6.31. The van der Waals surface area contributed by atoms with Gasteiger partial charge in [-0.25, -0.2) is 0 Å². The lowest BCUT2D eigenvalue weighted by Crippen LogP contribution is -2.13. The van der Waals surface area contributed by atoms with Crippen LogP contribution in [0.15, 0.2) is 66.7 Å². The second-order valence-electron chi connectivity index (χ2n) is 6.42. The number of carbonyl (C=O) groups excluding carboxylic acids is 1. The minimum absolute atomic E-state index is 0.211. The van der Waals surface area contributed by atoms with Gasteiger partial charge < -0.3 is 14.8 Å². The third-order valence-electron chi connectivity index (χ3n) is 4.36. The van der Waals surface area contributed by atoms with Crippen molar-refractivity contribution < 1.29 is 14.3 Å². The molecular formula is C23H22ClNO3. The van der Waals surface area contributed by atoms with Crippen LogP contribution < -0.4 is 10.1 Å². The Labute approximate surface area is 170 Å². The predicted octanol–water partition coefficient (Wildman–Crippen LogP) is 5.63. The minimum Gasteiger partial charge on any atom is -0.496 e. The zero-order valence-electron chi connectivity index (χ0n) is 15.9. The molecule has 3 aromatic carbocycles. The van der Waals surface area contributed by atoms with Crippen LogP contribution in [0.3, 0.4) is 0 Å². The molecule has 0 atom stereocenters. The fourth-order valence-corrected chi connectivity index (χ4v) is 2.98. The predicted molar refractivity (Wildman–Crippen MR) is 112 cm³/mol. The molecule has 3 rings (SSSR count). The number of benzene rings is 3. The summed E-state index contributed by atoms with van der Waals surface area (Å²) in [6, 6.07) is 20.6. The Balaban J connectivity index is 1.72. The third kappa shape index (κ3) is 5.12. The zero-order chi connectivity index (χ0) is 19.9. The molecule has 0 aliphatic rings. The largest absolute Gasteiger partial charge is 0.496 e. The van der Waals surface area contributed by atoms with Crippen molar-refractivity contribution in [3.05, 3.63) is 94.0 Å². The maximum absolute atomic E-state index is 12.7. The van der Waals surface area contributed by atoms with E-state index in [-0.39, 0.29) is 5.91 Å². The average Bonchev–Trinajstić information content (AvgIpc) is 2.71. The molecule has 4 nitrogen and oxygen atoms in total. The number of rotatable bonds is 7. The molecule has 0 saturated heterocycles. The van der Waals surface area contributed by atoms with Crippen LogP contribution in [0.5, 0.6) is 5.75 Å². The lowest BCUT2D eigenvalue weighted by molar-refractivity contribution is 0.102. The van der Waals surface area contributed by atoms with Crippen molar-refractivity contribution in [3.8, 4) is 5.75 Å². The van der Waals surface area contributed by atoms with E-state index in [1.807, 2.05) is 43.3 Å². The van der Waals surface area contributed by atoms with E-state index in [0.717, 1.165) is 16.7 Å². The van der Waals surface area contributed by atoms with Gasteiger partial charge in [0.2, 0.25) is 0 Å². The lowest BCUT2D eigenvalue weighted by atomic mass is 10.1. The van der Waals surface area contributed by atoms with E-state index in [4.69, 9.17) is 21.1 Å². The molecule has 5 heteroatoms. The van der Waals surface area contributed by atoms with Crippen LogP contribution in [0.25, 0.3) is 0 Å². The van der Waals surface area contributed by atoms with Crippen molar-refractivity contribution in [3.63, 3.8) is 0 Å². The summed E-state index contributed by atoms with van der Waals surface area (Å²) < 4.78 is 11.2. The molecule has 0 aromatic heterocycles. The molecule has 0 fully saturated rings. The summed E-state index contributed by atoms with van der Waals surface area (Å²) in [6.45, 7) is 2.75. The van der Waals surface area contributed by atoms with Crippen LogP contribution in [-0.2, 0) is 18.0 Å². The van der Waals surface area contributed by atoms with E-state index < -0.39 is 0 Å². The van der Waals surface area contributed by atoms with E-state index in [0.29, 0.717) is 35.2 Å². The second-order valence-corrected chi connectivity index (χ2v) is 6.85. The third-order valence-corrected chi connectivity index (χ3v) is 4.59. The maximum Gasteiger partial charge on any atom is 0.255 e. The van der Waals surface area contributed by atoms with E-state index in [9.17, 15) is 4.79 Å². The standard InChI is InChI=1S/C23H22ClNO3/c1-16-8-10-20(24)13-21(16)25-23(26)18-9-11-22(27-2)19(12-18)15-28-14-17-6-4-3-5-7-17/h3-13H,14-15H2,1-2H3,(H,25,26). The first-order valence-corrected chi connectivity index (χ1v) is 9.30. The number of nitrogens with one attached hydrogen (secondary N) is 1. The molecule has 1 amide bonds. The molecule has 3 aromatic rings. The summed E-state index contributed by atoms with van der Waals surface area (Å²) in [5, 5.41) is 3.48. The number of hydrogen-bond donors (Lipinski definition) is 1. The van der Waals surface area contributed by atoms with E-state index >= 15 is 0 Å². The smallest absolute Gasteiger partial charge is 0.255 e. The molecule has 0 heterocycles. The summed E-state index contributed by atoms with van der Waals surface area (Å²) in [7, 11) is 1.60. The van der Waals surface area contributed by atoms with Gasteiger partial charge in [-0.1, -0.05) is 48.0 Å². The Morgan fingerprint density at radius 3 is 2.54 bits per heavy atom. The fraction of sp³-hybridized carbons (Fsp3) is 0.174. The number of carbonyl (C=O) groups is 1. The van der Waals surface area contributed by atoms with Crippen LogP contribution in [0.4, 0.5) is 5.69 Å². The van der Waals surface area contributed by atoms with Crippen molar-refractivity contribution in [2.45, 2.75) is 20.1 Å². The van der Waals surface area contributed by atoms with Crippen molar-refractivity contribution in [1.82, 2.24) is 0 Å². The monoisotopic (exact) mass is 395 g/mol. The van der Waals surface area contributed by atoms with Gasteiger partial charge in [0.05, 0.1) is 20.3 Å². The molecule has 0 aliphatic carbocycles. The Kier molecular flexibility index (Phi) is 6.69. The van der Waals surface area contributed by atoms with Crippen LogP contribution in [0.2, 0.25) is 5.02 Å². The summed E-state index contributed by atoms with van der Waals surface area (Å²) in [5.41, 5.74) is 4.06. The number of methoxy groups -OCH3 is 1. The maximum atomic E-state index is 12.7.